The molecule has 2 saturated heterocycles. The maximum Gasteiger partial charge on any atom is 0.165 e. The number of piperidine rings is 1. The Morgan fingerprint density at radius 3 is 2.38 bits per heavy atom. The highest BCUT2D eigenvalue weighted by atomic mass is 35.5. The van der Waals surface area contributed by atoms with Crippen molar-refractivity contribution in [3.63, 3.8) is 0 Å². The Balaban J connectivity index is 1.38. The van der Waals surface area contributed by atoms with Gasteiger partial charge in [0.1, 0.15) is 11.4 Å². The van der Waals surface area contributed by atoms with E-state index in [4.69, 9.17) is 11.6 Å². The zero-order valence-electron chi connectivity index (χ0n) is 21.7. The number of halogens is 2. The first-order chi connectivity index (χ1) is 17.4. The lowest BCUT2D eigenvalue weighted by molar-refractivity contribution is -0.149. The van der Waals surface area contributed by atoms with Crippen molar-refractivity contribution in [2.45, 2.75) is 69.6 Å². The smallest absolute Gasteiger partial charge is 0.165 e. The standard InChI is InChI=1S/C29H38ClFN2O4/c1-27(2)20-32(17-14-29(27,36)22-6-8-23(30)9-7-22)16-12-26(34)28(35)13-3-15-33(37)25(19-28)18-21-4-10-24(31)11-5-21/h4-11,25,35-37H,3,12-20H2,1-2H3/t25?,28?,29-/m0/s1. The fourth-order valence-corrected chi connectivity index (χ4v) is 6.13. The molecule has 0 spiro atoms. The molecule has 2 aromatic carbocycles. The van der Waals surface area contributed by atoms with E-state index in [1.807, 2.05) is 26.0 Å². The predicted octanol–water partition coefficient (Wildman–Crippen LogP) is 4.58. The molecule has 6 nitrogen and oxygen atoms in total. The second-order valence-corrected chi connectivity index (χ2v) is 11.9. The number of ketones is 1. The van der Waals surface area contributed by atoms with Gasteiger partial charge in [-0.25, -0.2) is 4.39 Å². The van der Waals surface area contributed by atoms with Crippen molar-refractivity contribution in [2.75, 3.05) is 26.2 Å². The van der Waals surface area contributed by atoms with Crippen LogP contribution in [0.3, 0.4) is 0 Å². The molecule has 3 atom stereocenters. The molecule has 2 aromatic rings. The molecule has 37 heavy (non-hydrogen) atoms. The Morgan fingerprint density at radius 2 is 1.73 bits per heavy atom. The van der Waals surface area contributed by atoms with Crippen LogP contribution in [0.25, 0.3) is 0 Å². The Labute approximate surface area is 223 Å². The lowest BCUT2D eigenvalue weighted by Gasteiger charge is -2.50. The largest absolute Gasteiger partial charge is 0.385 e. The topological polar surface area (TPSA) is 84.2 Å². The van der Waals surface area contributed by atoms with Crippen LogP contribution in [0.15, 0.2) is 48.5 Å². The van der Waals surface area contributed by atoms with Crippen molar-refractivity contribution >= 4 is 17.4 Å². The van der Waals surface area contributed by atoms with Gasteiger partial charge in [0.2, 0.25) is 0 Å². The number of Topliss-reactive ketones (excluding diaryl/α,β-unsaturated/α-hetero) is 1. The maximum absolute atomic E-state index is 13.3. The lowest BCUT2D eigenvalue weighted by Crippen LogP contribution is -2.56. The van der Waals surface area contributed by atoms with Gasteiger partial charge in [0.05, 0.1) is 5.60 Å². The number of nitrogens with zero attached hydrogens (tertiary/aromatic N) is 2. The van der Waals surface area contributed by atoms with Gasteiger partial charge in [0.15, 0.2) is 5.78 Å². The number of carbonyl (C=O) groups excluding carboxylic acids is 1. The Kier molecular flexibility index (Phi) is 8.43. The minimum atomic E-state index is -1.52. The molecule has 8 heteroatoms. The summed E-state index contributed by atoms with van der Waals surface area (Å²) < 4.78 is 13.3. The second kappa shape index (κ2) is 11.1. The molecule has 202 valence electrons. The van der Waals surface area contributed by atoms with Crippen molar-refractivity contribution in [2.24, 2.45) is 5.41 Å². The van der Waals surface area contributed by atoms with E-state index in [1.54, 1.807) is 24.3 Å². The summed E-state index contributed by atoms with van der Waals surface area (Å²) in [6.45, 7) is 6.16. The molecule has 0 radical (unpaired) electrons. The van der Waals surface area contributed by atoms with Crippen LogP contribution in [0, 0.1) is 11.2 Å². The van der Waals surface area contributed by atoms with Gasteiger partial charge in [-0.2, -0.15) is 5.06 Å². The first-order valence-electron chi connectivity index (χ1n) is 13.1. The maximum atomic E-state index is 13.3. The van der Waals surface area contributed by atoms with Gasteiger partial charge in [-0.1, -0.05) is 49.7 Å². The number of rotatable bonds is 7. The van der Waals surface area contributed by atoms with Crippen LogP contribution in [0.2, 0.25) is 5.02 Å². The van der Waals surface area contributed by atoms with Crippen molar-refractivity contribution in [3.05, 3.63) is 70.5 Å². The van der Waals surface area contributed by atoms with Gasteiger partial charge in [-0.05, 0) is 61.1 Å². The molecule has 2 heterocycles. The summed E-state index contributed by atoms with van der Waals surface area (Å²) in [5.74, 6) is -0.548. The normalized spacial score (nSPS) is 29.1. The summed E-state index contributed by atoms with van der Waals surface area (Å²) in [6, 6.07) is 13.0. The number of benzene rings is 2. The highest BCUT2D eigenvalue weighted by Crippen LogP contribution is 2.46. The number of hydroxylamine groups is 2. The van der Waals surface area contributed by atoms with Crippen molar-refractivity contribution in [1.82, 2.24) is 9.96 Å². The van der Waals surface area contributed by atoms with Crippen LogP contribution in [-0.4, -0.2) is 69.0 Å². The second-order valence-electron chi connectivity index (χ2n) is 11.4. The molecule has 0 aliphatic carbocycles. The van der Waals surface area contributed by atoms with Crippen LogP contribution >= 0.6 is 11.6 Å². The summed E-state index contributed by atoms with van der Waals surface area (Å²) in [5.41, 5.74) is -1.30. The van der Waals surface area contributed by atoms with Gasteiger partial charge in [0, 0.05) is 55.5 Å². The Morgan fingerprint density at radius 1 is 1.05 bits per heavy atom. The lowest BCUT2D eigenvalue weighted by atomic mass is 9.66. The average molecular weight is 533 g/mol. The summed E-state index contributed by atoms with van der Waals surface area (Å²) in [5, 5.41) is 35.4. The van der Waals surface area contributed by atoms with E-state index in [2.05, 4.69) is 4.90 Å². The minimum absolute atomic E-state index is 0.127. The Hall–Kier alpha value is -1.87. The fraction of sp³-hybridized carbons (Fsp3) is 0.552. The number of carbonyl (C=O) groups is 1. The number of hydrogen-bond donors (Lipinski definition) is 3. The van der Waals surface area contributed by atoms with E-state index in [0.717, 1.165) is 11.1 Å². The molecule has 0 bridgehead atoms. The van der Waals surface area contributed by atoms with Gasteiger partial charge in [-0.15, -0.1) is 0 Å². The average Bonchev–Trinajstić information content (AvgIpc) is 2.99. The first-order valence-corrected chi connectivity index (χ1v) is 13.5. The molecule has 4 rings (SSSR count). The molecule has 2 fully saturated rings. The van der Waals surface area contributed by atoms with Gasteiger partial charge < -0.3 is 20.3 Å². The van der Waals surface area contributed by atoms with E-state index >= 15 is 0 Å². The highest BCUT2D eigenvalue weighted by Gasteiger charge is 2.49. The zero-order chi connectivity index (χ0) is 26.8. The van der Waals surface area contributed by atoms with E-state index in [9.17, 15) is 24.6 Å². The van der Waals surface area contributed by atoms with E-state index in [0.29, 0.717) is 56.9 Å². The van der Waals surface area contributed by atoms with Crippen molar-refractivity contribution in [1.29, 1.82) is 0 Å². The van der Waals surface area contributed by atoms with Crippen molar-refractivity contribution in [3.8, 4) is 0 Å². The molecule has 0 saturated carbocycles. The van der Waals surface area contributed by atoms with Gasteiger partial charge in [-0.3, -0.25) is 4.79 Å². The van der Waals surface area contributed by atoms with Gasteiger partial charge >= 0.3 is 0 Å². The van der Waals surface area contributed by atoms with Crippen LogP contribution in [0.1, 0.15) is 57.1 Å². The number of hydrogen-bond acceptors (Lipinski definition) is 6. The molecule has 0 amide bonds. The molecule has 2 aliphatic heterocycles. The predicted molar refractivity (Wildman–Crippen MR) is 141 cm³/mol. The summed E-state index contributed by atoms with van der Waals surface area (Å²) in [4.78, 5) is 15.5. The van der Waals surface area contributed by atoms with Crippen LogP contribution < -0.4 is 0 Å². The quantitative estimate of drug-likeness (QED) is 0.484. The zero-order valence-corrected chi connectivity index (χ0v) is 22.4. The summed E-state index contributed by atoms with van der Waals surface area (Å²) in [7, 11) is 0. The third-order valence-corrected chi connectivity index (χ3v) is 8.63. The van der Waals surface area contributed by atoms with E-state index < -0.39 is 22.7 Å². The first kappa shape index (κ1) is 28.1. The van der Waals surface area contributed by atoms with Crippen molar-refractivity contribution < 1.29 is 24.6 Å². The Bertz CT molecular complexity index is 1080. The third-order valence-electron chi connectivity index (χ3n) is 8.38. The number of aliphatic hydroxyl groups is 2. The van der Waals surface area contributed by atoms with Crippen LogP contribution in [-0.2, 0) is 16.8 Å². The number of likely N-dealkylation sites (tertiary alicyclic amines) is 1. The van der Waals surface area contributed by atoms with E-state index in [-0.39, 0.29) is 24.4 Å². The minimum Gasteiger partial charge on any atom is -0.385 e. The molecule has 3 N–H and O–H groups in total. The fourth-order valence-electron chi connectivity index (χ4n) is 6.01. The SMILES string of the molecule is CC1(C)CN(CCC(=O)C2(O)CCCN(O)C(Cc3ccc(F)cc3)C2)CC[C@]1(O)c1ccc(Cl)cc1. The van der Waals surface area contributed by atoms with Crippen LogP contribution in [0.5, 0.6) is 0 Å². The molecule has 2 unspecified atom stereocenters. The summed E-state index contributed by atoms with van der Waals surface area (Å²) in [6.07, 6.45) is 2.06. The van der Waals surface area contributed by atoms with Crippen LogP contribution in [0.4, 0.5) is 4.39 Å². The highest BCUT2D eigenvalue weighted by molar-refractivity contribution is 6.30. The van der Waals surface area contributed by atoms with E-state index in [1.165, 1.54) is 17.2 Å². The third kappa shape index (κ3) is 6.24. The monoisotopic (exact) mass is 532 g/mol. The molecular weight excluding hydrogens is 495 g/mol. The molecule has 2 aliphatic rings. The molecular formula is C29H38ClFN2O4. The molecule has 0 aromatic heterocycles. The van der Waals surface area contributed by atoms with Gasteiger partial charge in [0.25, 0.3) is 0 Å². The summed E-state index contributed by atoms with van der Waals surface area (Å²) >= 11 is 6.04.